The number of nitrogens with one attached hydrogen (secondary N) is 3. The maximum Gasteiger partial charge on any atom is 0.252 e. The fourth-order valence-corrected chi connectivity index (χ4v) is 2.99. The molecule has 0 aliphatic heterocycles. The van der Waals surface area contributed by atoms with Crippen molar-refractivity contribution in [1.82, 2.24) is 25.9 Å². The molecule has 0 saturated heterocycles. The standard InChI is InChI=1S/C18H26N6OS/c1-4-20-18(23-11-16-24-15(12-26-16)13(2)3)22-9-8-21-17(25)14-6-5-7-19-10-14/h5-7,10,12-13H,4,8-9,11H2,1-3H3,(H,21,25)(H2,20,22,23). The van der Waals surface area contributed by atoms with E-state index < -0.39 is 0 Å². The number of pyridine rings is 1. The maximum atomic E-state index is 12.0. The van der Waals surface area contributed by atoms with E-state index in [1.54, 1.807) is 35.9 Å². The molecule has 0 radical (unpaired) electrons. The number of hydrogen-bond acceptors (Lipinski definition) is 5. The molecular formula is C18H26N6OS. The van der Waals surface area contributed by atoms with Gasteiger partial charge in [0.2, 0.25) is 0 Å². The fraction of sp³-hybridized carbons (Fsp3) is 0.444. The highest BCUT2D eigenvalue weighted by Gasteiger charge is 2.06. The first-order valence-corrected chi connectivity index (χ1v) is 9.62. The topological polar surface area (TPSA) is 91.3 Å². The fourth-order valence-electron chi connectivity index (χ4n) is 2.11. The third-order valence-corrected chi connectivity index (χ3v) is 4.36. The van der Waals surface area contributed by atoms with Crippen molar-refractivity contribution in [2.75, 3.05) is 19.6 Å². The van der Waals surface area contributed by atoms with E-state index in [0.717, 1.165) is 17.2 Å². The van der Waals surface area contributed by atoms with Gasteiger partial charge in [0.15, 0.2) is 5.96 Å². The van der Waals surface area contributed by atoms with E-state index in [0.29, 0.717) is 37.1 Å². The van der Waals surface area contributed by atoms with Gasteiger partial charge in [0, 0.05) is 37.4 Å². The zero-order valence-electron chi connectivity index (χ0n) is 15.5. The Kier molecular flexibility index (Phi) is 8.01. The Morgan fingerprint density at radius 2 is 2.08 bits per heavy atom. The minimum atomic E-state index is -0.133. The van der Waals surface area contributed by atoms with Gasteiger partial charge in [-0.15, -0.1) is 11.3 Å². The molecule has 0 spiro atoms. The maximum absolute atomic E-state index is 12.0. The third kappa shape index (κ3) is 6.44. The van der Waals surface area contributed by atoms with E-state index in [2.05, 4.69) is 50.1 Å². The summed E-state index contributed by atoms with van der Waals surface area (Å²) in [5.74, 6) is 1.01. The first kappa shape index (κ1) is 19.8. The molecule has 3 N–H and O–H groups in total. The zero-order valence-corrected chi connectivity index (χ0v) is 16.3. The van der Waals surface area contributed by atoms with Gasteiger partial charge in [0.1, 0.15) is 5.01 Å². The lowest BCUT2D eigenvalue weighted by Gasteiger charge is -2.11. The lowest BCUT2D eigenvalue weighted by Crippen LogP contribution is -2.41. The molecule has 0 fully saturated rings. The molecule has 26 heavy (non-hydrogen) atoms. The summed E-state index contributed by atoms with van der Waals surface area (Å²) in [7, 11) is 0. The Bertz CT molecular complexity index is 713. The van der Waals surface area contributed by atoms with Crippen molar-refractivity contribution in [3.63, 3.8) is 0 Å². The van der Waals surface area contributed by atoms with Gasteiger partial charge < -0.3 is 16.0 Å². The summed E-state index contributed by atoms with van der Waals surface area (Å²) in [6.45, 7) is 8.65. The minimum Gasteiger partial charge on any atom is -0.357 e. The molecule has 2 heterocycles. The predicted molar refractivity (Wildman–Crippen MR) is 106 cm³/mol. The number of aliphatic imine (C=N–C) groups is 1. The van der Waals surface area contributed by atoms with Crippen LogP contribution in [0, 0.1) is 0 Å². The molecule has 0 bridgehead atoms. The summed E-state index contributed by atoms with van der Waals surface area (Å²) in [4.78, 5) is 25.0. The van der Waals surface area contributed by atoms with Crippen LogP contribution in [0.2, 0.25) is 0 Å². The molecular weight excluding hydrogens is 348 g/mol. The number of guanidine groups is 1. The largest absolute Gasteiger partial charge is 0.357 e. The van der Waals surface area contributed by atoms with E-state index in [4.69, 9.17) is 0 Å². The summed E-state index contributed by atoms with van der Waals surface area (Å²) in [6.07, 6.45) is 3.19. The second-order valence-electron chi connectivity index (χ2n) is 5.94. The van der Waals surface area contributed by atoms with Crippen molar-refractivity contribution in [2.45, 2.75) is 33.2 Å². The Morgan fingerprint density at radius 1 is 1.27 bits per heavy atom. The van der Waals surface area contributed by atoms with E-state index in [-0.39, 0.29) is 5.91 Å². The van der Waals surface area contributed by atoms with Crippen LogP contribution in [0.15, 0.2) is 34.9 Å². The summed E-state index contributed by atoms with van der Waals surface area (Å²) < 4.78 is 0. The van der Waals surface area contributed by atoms with Crippen molar-refractivity contribution >= 4 is 23.2 Å². The van der Waals surface area contributed by atoms with Gasteiger partial charge in [-0.05, 0) is 25.0 Å². The average molecular weight is 375 g/mol. The monoisotopic (exact) mass is 374 g/mol. The molecule has 2 aromatic rings. The normalized spacial score (nSPS) is 11.5. The predicted octanol–water partition coefficient (Wildman–Crippen LogP) is 2.15. The Hall–Kier alpha value is -2.48. The van der Waals surface area contributed by atoms with Gasteiger partial charge in [0.25, 0.3) is 5.91 Å². The van der Waals surface area contributed by atoms with Crippen molar-refractivity contribution in [2.24, 2.45) is 4.99 Å². The minimum absolute atomic E-state index is 0.133. The smallest absolute Gasteiger partial charge is 0.252 e. The number of rotatable bonds is 8. The Balaban J connectivity index is 1.78. The van der Waals surface area contributed by atoms with Gasteiger partial charge in [-0.2, -0.15) is 0 Å². The summed E-state index contributed by atoms with van der Waals surface area (Å²) in [5, 5.41) is 12.3. The van der Waals surface area contributed by atoms with Crippen LogP contribution in [0.5, 0.6) is 0 Å². The van der Waals surface area contributed by atoms with E-state index in [1.165, 1.54) is 0 Å². The highest BCUT2D eigenvalue weighted by molar-refractivity contribution is 7.09. The molecule has 0 aliphatic rings. The molecule has 0 saturated carbocycles. The Labute approximate surface area is 158 Å². The van der Waals surface area contributed by atoms with Crippen LogP contribution in [-0.2, 0) is 6.54 Å². The van der Waals surface area contributed by atoms with Crippen LogP contribution >= 0.6 is 11.3 Å². The third-order valence-electron chi connectivity index (χ3n) is 3.50. The molecule has 2 rings (SSSR count). The van der Waals surface area contributed by atoms with Crippen LogP contribution in [0.1, 0.15) is 47.7 Å². The molecule has 2 aromatic heterocycles. The second-order valence-corrected chi connectivity index (χ2v) is 6.88. The van der Waals surface area contributed by atoms with Crippen molar-refractivity contribution in [1.29, 1.82) is 0 Å². The number of carbonyl (C=O) groups excluding carboxylic acids is 1. The lowest BCUT2D eigenvalue weighted by molar-refractivity contribution is 0.0954. The number of aromatic nitrogens is 2. The van der Waals surface area contributed by atoms with Gasteiger partial charge in [0.05, 0.1) is 17.8 Å². The van der Waals surface area contributed by atoms with Crippen LogP contribution in [0.3, 0.4) is 0 Å². The first-order chi connectivity index (χ1) is 12.6. The second kappa shape index (κ2) is 10.5. The van der Waals surface area contributed by atoms with E-state index >= 15 is 0 Å². The molecule has 0 atom stereocenters. The SMILES string of the molecule is CCNC(=NCc1nc(C(C)C)cs1)NCCNC(=O)c1cccnc1. The highest BCUT2D eigenvalue weighted by atomic mass is 32.1. The van der Waals surface area contributed by atoms with Crippen LogP contribution in [-0.4, -0.2) is 41.5 Å². The summed E-state index contributed by atoms with van der Waals surface area (Å²) in [5.41, 5.74) is 1.66. The van der Waals surface area contributed by atoms with Crippen molar-refractivity contribution < 1.29 is 4.79 Å². The molecule has 0 aliphatic carbocycles. The average Bonchev–Trinajstić information content (AvgIpc) is 3.13. The van der Waals surface area contributed by atoms with Crippen LogP contribution < -0.4 is 16.0 Å². The molecule has 7 nitrogen and oxygen atoms in total. The Morgan fingerprint density at radius 3 is 2.73 bits per heavy atom. The van der Waals surface area contributed by atoms with Crippen molar-refractivity contribution in [3.8, 4) is 0 Å². The number of carbonyl (C=O) groups is 1. The number of amides is 1. The molecule has 0 aromatic carbocycles. The van der Waals surface area contributed by atoms with Crippen molar-refractivity contribution in [3.05, 3.63) is 46.2 Å². The van der Waals surface area contributed by atoms with E-state index in [1.807, 2.05) is 6.92 Å². The van der Waals surface area contributed by atoms with Crippen LogP contribution in [0.25, 0.3) is 0 Å². The number of hydrogen-bond donors (Lipinski definition) is 3. The molecule has 1 amide bonds. The number of thiazole rings is 1. The van der Waals surface area contributed by atoms with Gasteiger partial charge >= 0.3 is 0 Å². The molecule has 0 unspecified atom stereocenters. The summed E-state index contributed by atoms with van der Waals surface area (Å²) >= 11 is 1.63. The van der Waals surface area contributed by atoms with Crippen LogP contribution in [0.4, 0.5) is 0 Å². The van der Waals surface area contributed by atoms with E-state index in [9.17, 15) is 4.79 Å². The van der Waals surface area contributed by atoms with Gasteiger partial charge in [-0.1, -0.05) is 13.8 Å². The zero-order chi connectivity index (χ0) is 18.8. The quantitative estimate of drug-likeness (QED) is 0.374. The number of nitrogens with zero attached hydrogens (tertiary/aromatic N) is 3. The summed E-state index contributed by atoms with van der Waals surface area (Å²) in [6, 6.07) is 3.48. The molecule has 8 heteroatoms. The van der Waals surface area contributed by atoms with Gasteiger partial charge in [-0.25, -0.2) is 9.98 Å². The highest BCUT2D eigenvalue weighted by Crippen LogP contribution is 2.18. The lowest BCUT2D eigenvalue weighted by atomic mass is 10.2. The first-order valence-electron chi connectivity index (χ1n) is 8.74. The molecule has 140 valence electrons. The van der Waals surface area contributed by atoms with Gasteiger partial charge in [-0.3, -0.25) is 9.78 Å².